The molecule has 0 saturated carbocycles. The van der Waals surface area contributed by atoms with E-state index in [1.54, 1.807) is 7.05 Å². The molecule has 0 bridgehead atoms. The molecule has 13 heavy (non-hydrogen) atoms. The minimum absolute atomic E-state index is 0.102. The van der Waals surface area contributed by atoms with Crippen LogP contribution in [-0.4, -0.2) is 37.6 Å². The highest BCUT2D eigenvalue weighted by molar-refractivity contribution is 7.99. The molecule has 0 aromatic carbocycles. The Bertz CT molecular complexity index is 142. The zero-order valence-electron chi connectivity index (χ0n) is 8.72. The Labute approximate surface area is 85.0 Å². The fourth-order valence-electron chi connectivity index (χ4n) is 0.875. The molecule has 1 atom stereocenters. The minimum atomic E-state index is 0.102. The number of thioether (sulfide) groups is 1. The maximum absolute atomic E-state index is 10.8. The van der Waals surface area contributed by atoms with Crippen molar-refractivity contribution >= 4 is 17.7 Å². The number of hydrogen-bond donors (Lipinski definition) is 2. The molecule has 0 rings (SSSR count). The highest BCUT2D eigenvalue weighted by Crippen LogP contribution is 2.07. The molecular weight excluding hydrogens is 184 g/mol. The predicted molar refractivity (Wildman–Crippen MR) is 59.1 cm³/mol. The number of carbonyl (C=O) groups is 1. The Balaban J connectivity index is 3.12. The third-order valence-corrected chi connectivity index (χ3v) is 2.98. The third-order valence-electron chi connectivity index (χ3n) is 1.94. The molecule has 0 spiro atoms. The normalized spacial score (nSPS) is 12.5. The van der Waals surface area contributed by atoms with Gasteiger partial charge >= 0.3 is 0 Å². The van der Waals surface area contributed by atoms with Crippen LogP contribution in [0.5, 0.6) is 0 Å². The molecule has 0 fully saturated rings. The second-order valence-electron chi connectivity index (χ2n) is 3.01. The molecule has 1 unspecified atom stereocenters. The first-order chi connectivity index (χ1) is 6.20. The van der Waals surface area contributed by atoms with Gasteiger partial charge in [-0.1, -0.05) is 6.92 Å². The fourth-order valence-corrected chi connectivity index (χ4v) is 1.23. The Morgan fingerprint density at radius 3 is 2.69 bits per heavy atom. The number of carbonyl (C=O) groups excluding carboxylic acids is 1. The van der Waals surface area contributed by atoms with E-state index in [4.69, 9.17) is 0 Å². The van der Waals surface area contributed by atoms with Crippen molar-refractivity contribution in [3.63, 3.8) is 0 Å². The molecule has 0 aliphatic heterocycles. The maximum Gasteiger partial charge on any atom is 0.221 e. The van der Waals surface area contributed by atoms with E-state index in [0.29, 0.717) is 11.7 Å². The van der Waals surface area contributed by atoms with E-state index in [0.717, 1.165) is 19.5 Å². The lowest BCUT2D eigenvalue weighted by Crippen LogP contribution is -2.26. The zero-order chi connectivity index (χ0) is 10.1. The summed E-state index contributed by atoms with van der Waals surface area (Å²) in [5.74, 6) is 0.102. The largest absolute Gasteiger partial charge is 0.359 e. The molecule has 3 nitrogen and oxygen atoms in total. The zero-order valence-corrected chi connectivity index (χ0v) is 9.54. The SMILES string of the molecule is CNC(=O)CCNCCC(C)SC. The van der Waals surface area contributed by atoms with E-state index < -0.39 is 0 Å². The number of nitrogens with one attached hydrogen (secondary N) is 2. The predicted octanol–water partition coefficient (Wildman–Crippen LogP) is 0.854. The van der Waals surface area contributed by atoms with Crippen molar-refractivity contribution in [1.82, 2.24) is 10.6 Å². The highest BCUT2D eigenvalue weighted by Gasteiger charge is 1.99. The molecule has 0 aliphatic rings. The lowest BCUT2D eigenvalue weighted by molar-refractivity contribution is -0.120. The van der Waals surface area contributed by atoms with E-state index in [1.807, 2.05) is 11.8 Å². The average Bonchev–Trinajstić information content (AvgIpc) is 2.16. The number of amides is 1. The summed E-state index contributed by atoms with van der Waals surface area (Å²) < 4.78 is 0. The van der Waals surface area contributed by atoms with Gasteiger partial charge < -0.3 is 10.6 Å². The molecule has 4 heteroatoms. The smallest absolute Gasteiger partial charge is 0.221 e. The van der Waals surface area contributed by atoms with E-state index in [-0.39, 0.29) is 5.91 Å². The van der Waals surface area contributed by atoms with E-state index in [1.165, 1.54) is 0 Å². The molecule has 0 saturated heterocycles. The summed E-state index contributed by atoms with van der Waals surface area (Å²) in [5.41, 5.74) is 0. The van der Waals surface area contributed by atoms with Crippen molar-refractivity contribution < 1.29 is 4.79 Å². The van der Waals surface area contributed by atoms with Crippen LogP contribution in [0.4, 0.5) is 0 Å². The Morgan fingerprint density at radius 1 is 1.46 bits per heavy atom. The van der Waals surface area contributed by atoms with Gasteiger partial charge in [0.1, 0.15) is 0 Å². The van der Waals surface area contributed by atoms with Crippen LogP contribution in [0, 0.1) is 0 Å². The molecule has 0 aliphatic carbocycles. The maximum atomic E-state index is 10.8. The molecular formula is C9H20N2OS. The second-order valence-corrected chi connectivity index (χ2v) is 4.28. The molecule has 0 aromatic rings. The van der Waals surface area contributed by atoms with Crippen molar-refractivity contribution in [3.05, 3.63) is 0 Å². The monoisotopic (exact) mass is 204 g/mol. The Morgan fingerprint density at radius 2 is 2.15 bits per heavy atom. The van der Waals surface area contributed by atoms with Crippen LogP contribution in [-0.2, 0) is 4.79 Å². The molecule has 0 radical (unpaired) electrons. The van der Waals surface area contributed by atoms with Gasteiger partial charge in [0, 0.05) is 25.3 Å². The van der Waals surface area contributed by atoms with Crippen molar-refractivity contribution in [2.24, 2.45) is 0 Å². The first-order valence-corrected chi connectivity index (χ1v) is 5.93. The Hall–Kier alpha value is -0.220. The van der Waals surface area contributed by atoms with Crippen LogP contribution in [0.2, 0.25) is 0 Å². The summed E-state index contributed by atoms with van der Waals surface area (Å²) >= 11 is 1.87. The van der Waals surface area contributed by atoms with Crippen LogP contribution in [0.25, 0.3) is 0 Å². The number of rotatable bonds is 7. The molecule has 1 amide bonds. The lowest BCUT2D eigenvalue weighted by atomic mass is 10.3. The van der Waals surface area contributed by atoms with Gasteiger partial charge in [0.2, 0.25) is 5.91 Å². The van der Waals surface area contributed by atoms with E-state index >= 15 is 0 Å². The molecule has 0 aromatic heterocycles. The third kappa shape index (κ3) is 8.12. The van der Waals surface area contributed by atoms with Gasteiger partial charge in [0.05, 0.1) is 0 Å². The number of hydrogen-bond acceptors (Lipinski definition) is 3. The van der Waals surface area contributed by atoms with Crippen LogP contribution < -0.4 is 10.6 Å². The van der Waals surface area contributed by atoms with Crippen LogP contribution in [0.15, 0.2) is 0 Å². The summed E-state index contributed by atoms with van der Waals surface area (Å²) in [6.07, 6.45) is 3.86. The summed E-state index contributed by atoms with van der Waals surface area (Å²) in [4.78, 5) is 10.8. The lowest BCUT2D eigenvalue weighted by Gasteiger charge is -2.08. The first-order valence-electron chi connectivity index (χ1n) is 4.64. The van der Waals surface area contributed by atoms with Crippen molar-refractivity contribution in [2.45, 2.75) is 25.0 Å². The topological polar surface area (TPSA) is 41.1 Å². The average molecular weight is 204 g/mol. The fraction of sp³-hybridized carbons (Fsp3) is 0.889. The summed E-state index contributed by atoms with van der Waals surface area (Å²) in [7, 11) is 1.66. The van der Waals surface area contributed by atoms with Gasteiger partial charge in [-0.3, -0.25) is 4.79 Å². The summed E-state index contributed by atoms with van der Waals surface area (Å²) in [5, 5.41) is 6.54. The second kappa shape index (κ2) is 8.38. The van der Waals surface area contributed by atoms with Gasteiger partial charge in [-0.25, -0.2) is 0 Å². The van der Waals surface area contributed by atoms with E-state index in [2.05, 4.69) is 23.8 Å². The molecule has 2 N–H and O–H groups in total. The van der Waals surface area contributed by atoms with E-state index in [9.17, 15) is 4.79 Å². The van der Waals surface area contributed by atoms with Crippen LogP contribution in [0.1, 0.15) is 19.8 Å². The van der Waals surface area contributed by atoms with Crippen LogP contribution >= 0.6 is 11.8 Å². The van der Waals surface area contributed by atoms with Gasteiger partial charge in [0.15, 0.2) is 0 Å². The summed E-state index contributed by atoms with van der Waals surface area (Å²) in [6, 6.07) is 0. The first kappa shape index (κ1) is 12.8. The van der Waals surface area contributed by atoms with Gasteiger partial charge in [-0.2, -0.15) is 11.8 Å². The molecule has 0 heterocycles. The highest BCUT2D eigenvalue weighted by atomic mass is 32.2. The van der Waals surface area contributed by atoms with Gasteiger partial charge in [-0.15, -0.1) is 0 Å². The molecule has 78 valence electrons. The van der Waals surface area contributed by atoms with Crippen molar-refractivity contribution in [3.8, 4) is 0 Å². The quantitative estimate of drug-likeness (QED) is 0.604. The summed E-state index contributed by atoms with van der Waals surface area (Å²) in [6.45, 7) is 3.99. The van der Waals surface area contributed by atoms with Gasteiger partial charge in [0.25, 0.3) is 0 Å². The van der Waals surface area contributed by atoms with Crippen LogP contribution in [0.3, 0.4) is 0 Å². The minimum Gasteiger partial charge on any atom is -0.359 e. The Kier molecular flexibility index (Phi) is 8.24. The van der Waals surface area contributed by atoms with Crippen molar-refractivity contribution in [2.75, 3.05) is 26.4 Å². The van der Waals surface area contributed by atoms with Gasteiger partial charge in [-0.05, 0) is 19.2 Å². The van der Waals surface area contributed by atoms with Crippen molar-refractivity contribution in [1.29, 1.82) is 0 Å². The standard InChI is InChI=1S/C9H20N2OS/c1-8(13-3)4-6-11-7-5-9(12)10-2/h8,11H,4-7H2,1-3H3,(H,10,12).